The van der Waals surface area contributed by atoms with Crippen LogP contribution in [-0.2, 0) is 16.3 Å². The Hall–Kier alpha value is -1.08. The van der Waals surface area contributed by atoms with Gasteiger partial charge in [0, 0.05) is 24.5 Å². The summed E-state index contributed by atoms with van der Waals surface area (Å²) >= 11 is 1.79. The van der Waals surface area contributed by atoms with Gasteiger partial charge in [0.1, 0.15) is 0 Å². The molecule has 1 aromatic rings. The molecule has 1 saturated heterocycles. The first-order chi connectivity index (χ1) is 11.0. The number of rotatable bonds is 7. The summed E-state index contributed by atoms with van der Waals surface area (Å²) < 4.78 is 23.0. The fraction of sp³-hybridized carbons (Fsp3) is 0.688. The maximum atomic E-state index is 11.5. The number of hydrogen-bond donors (Lipinski definition) is 2. The Morgan fingerprint density at radius 1 is 1.48 bits per heavy atom. The third-order valence-corrected chi connectivity index (χ3v) is 6.66. The second kappa shape index (κ2) is 8.68. The predicted octanol–water partition coefficient (Wildman–Crippen LogP) is 1.92. The van der Waals surface area contributed by atoms with E-state index in [1.807, 2.05) is 6.92 Å². The molecular formula is C16H27N3O2S2. The van der Waals surface area contributed by atoms with E-state index in [1.165, 1.54) is 4.88 Å². The lowest BCUT2D eigenvalue weighted by Gasteiger charge is -2.15. The second-order valence-corrected chi connectivity index (χ2v) is 9.52. The van der Waals surface area contributed by atoms with Crippen LogP contribution in [0, 0.1) is 11.8 Å². The van der Waals surface area contributed by atoms with Crippen molar-refractivity contribution in [2.75, 3.05) is 31.1 Å². The van der Waals surface area contributed by atoms with Crippen LogP contribution in [0.4, 0.5) is 0 Å². The van der Waals surface area contributed by atoms with Gasteiger partial charge in [-0.15, -0.1) is 11.3 Å². The molecule has 5 nitrogen and oxygen atoms in total. The van der Waals surface area contributed by atoms with E-state index in [9.17, 15) is 8.42 Å². The zero-order valence-electron chi connectivity index (χ0n) is 13.9. The summed E-state index contributed by atoms with van der Waals surface area (Å²) in [7, 11) is -2.81. The van der Waals surface area contributed by atoms with Crippen LogP contribution < -0.4 is 10.6 Å². The van der Waals surface area contributed by atoms with Crippen LogP contribution in [0.1, 0.15) is 25.1 Å². The van der Waals surface area contributed by atoms with Gasteiger partial charge in [-0.1, -0.05) is 13.0 Å². The van der Waals surface area contributed by atoms with Gasteiger partial charge in [0.15, 0.2) is 15.8 Å². The van der Waals surface area contributed by atoms with E-state index in [4.69, 9.17) is 0 Å². The number of thiophene rings is 1. The third-order valence-electron chi connectivity index (χ3n) is 3.92. The Morgan fingerprint density at radius 3 is 2.91 bits per heavy atom. The molecule has 2 heterocycles. The first kappa shape index (κ1) is 18.3. The zero-order chi connectivity index (χ0) is 16.7. The number of nitrogens with one attached hydrogen (secondary N) is 2. The lowest BCUT2D eigenvalue weighted by molar-refractivity contribution is 0.561. The molecule has 2 rings (SSSR count). The predicted molar refractivity (Wildman–Crippen MR) is 97.9 cm³/mol. The minimum Gasteiger partial charge on any atom is -0.357 e. The fourth-order valence-electron chi connectivity index (χ4n) is 2.70. The smallest absolute Gasteiger partial charge is 0.191 e. The van der Waals surface area contributed by atoms with Crippen molar-refractivity contribution >= 4 is 27.1 Å². The van der Waals surface area contributed by atoms with E-state index in [1.54, 1.807) is 11.3 Å². The van der Waals surface area contributed by atoms with Gasteiger partial charge < -0.3 is 10.6 Å². The average molecular weight is 358 g/mol. The Labute approximate surface area is 143 Å². The Balaban J connectivity index is 1.79. The van der Waals surface area contributed by atoms with E-state index >= 15 is 0 Å². The van der Waals surface area contributed by atoms with Gasteiger partial charge in [-0.05, 0) is 43.0 Å². The van der Waals surface area contributed by atoms with E-state index in [0.717, 1.165) is 31.9 Å². The highest BCUT2D eigenvalue weighted by atomic mass is 32.2. The zero-order valence-corrected chi connectivity index (χ0v) is 15.5. The summed E-state index contributed by atoms with van der Waals surface area (Å²) in [5.74, 6) is 2.09. The standard InChI is InChI=1S/C16H27N3O2S2/c1-3-17-16(19-11-14-6-8-23(20,21)12-14)18-10-13(2)9-15-5-4-7-22-15/h4-5,7,13-14H,3,6,8-12H2,1-2H3,(H2,17,18,19). The monoisotopic (exact) mass is 357 g/mol. The molecule has 0 bridgehead atoms. The van der Waals surface area contributed by atoms with Crippen LogP contribution in [0.3, 0.4) is 0 Å². The molecule has 1 aromatic heterocycles. The summed E-state index contributed by atoms with van der Waals surface area (Å²) in [6, 6.07) is 4.24. The molecule has 0 aromatic carbocycles. The van der Waals surface area contributed by atoms with Crippen molar-refractivity contribution in [1.82, 2.24) is 10.6 Å². The Bertz CT molecular complexity index is 597. The summed E-state index contributed by atoms with van der Waals surface area (Å²) in [5.41, 5.74) is 0. The van der Waals surface area contributed by atoms with Crippen LogP contribution in [0.5, 0.6) is 0 Å². The number of hydrogen-bond acceptors (Lipinski definition) is 4. The third kappa shape index (κ3) is 6.51. The molecule has 1 fully saturated rings. The van der Waals surface area contributed by atoms with Gasteiger partial charge in [0.2, 0.25) is 0 Å². The van der Waals surface area contributed by atoms with Crippen molar-refractivity contribution in [2.45, 2.75) is 26.7 Å². The first-order valence-corrected chi connectivity index (χ1v) is 10.9. The fourth-order valence-corrected chi connectivity index (χ4v) is 5.43. The number of guanidine groups is 1. The second-order valence-electron chi connectivity index (χ2n) is 6.26. The van der Waals surface area contributed by atoms with Crippen molar-refractivity contribution in [1.29, 1.82) is 0 Å². The normalized spacial score (nSPS) is 22.0. The lowest BCUT2D eigenvalue weighted by Crippen LogP contribution is -2.40. The molecule has 130 valence electrons. The molecule has 0 saturated carbocycles. The highest BCUT2D eigenvalue weighted by Gasteiger charge is 2.27. The molecular weight excluding hydrogens is 330 g/mol. The molecule has 0 amide bonds. The number of nitrogens with zero attached hydrogens (tertiary/aromatic N) is 1. The molecule has 2 N–H and O–H groups in total. The van der Waals surface area contributed by atoms with Crippen LogP contribution in [0.15, 0.2) is 22.5 Å². The van der Waals surface area contributed by atoms with Crippen molar-refractivity contribution in [3.63, 3.8) is 0 Å². The lowest BCUT2D eigenvalue weighted by atomic mass is 10.1. The maximum absolute atomic E-state index is 11.5. The summed E-state index contributed by atoms with van der Waals surface area (Å²) in [4.78, 5) is 6.03. The van der Waals surface area contributed by atoms with Crippen LogP contribution in [0.25, 0.3) is 0 Å². The molecule has 0 radical (unpaired) electrons. The molecule has 2 unspecified atom stereocenters. The van der Waals surface area contributed by atoms with Gasteiger partial charge in [-0.2, -0.15) is 0 Å². The largest absolute Gasteiger partial charge is 0.357 e. The SMILES string of the molecule is CCNC(=NCC(C)Cc1cccs1)NCC1CCS(=O)(=O)C1. The highest BCUT2D eigenvalue weighted by molar-refractivity contribution is 7.91. The van der Waals surface area contributed by atoms with Crippen molar-refractivity contribution in [3.8, 4) is 0 Å². The molecule has 23 heavy (non-hydrogen) atoms. The highest BCUT2D eigenvalue weighted by Crippen LogP contribution is 2.17. The van der Waals surface area contributed by atoms with E-state index < -0.39 is 9.84 Å². The molecule has 1 aliphatic rings. The summed E-state index contributed by atoms with van der Waals surface area (Å²) in [6.07, 6.45) is 1.80. The van der Waals surface area contributed by atoms with E-state index in [0.29, 0.717) is 24.0 Å². The molecule has 7 heteroatoms. The van der Waals surface area contributed by atoms with Crippen molar-refractivity contribution < 1.29 is 8.42 Å². The Kier molecular flexibility index (Phi) is 6.89. The summed E-state index contributed by atoms with van der Waals surface area (Å²) in [6.45, 7) is 6.47. The quantitative estimate of drug-likeness (QED) is 0.578. The molecule has 0 spiro atoms. The number of aliphatic imine (C=N–C) groups is 1. The van der Waals surface area contributed by atoms with E-state index in [2.05, 4.69) is 40.1 Å². The minimum atomic E-state index is -2.81. The molecule has 1 aliphatic heterocycles. The van der Waals surface area contributed by atoms with Gasteiger partial charge in [-0.3, -0.25) is 4.99 Å². The molecule has 0 aliphatic carbocycles. The van der Waals surface area contributed by atoms with E-state index in [-0.39, 0.29) is 5.92 Å². The topological polar surface area (TPSA) is 70.6 Å². The summed E-state index contributed by atoms with van der Waals surface area (Å²) in [5, 5.41) is 8.63. The minimum absolute atomic E-state index is 0.201. The van der Waals surface area contributed by atoms with Crippen molar-refractivity contribution in [3.05, 3.63) is 22.4 Å². The Morgan fingerprint density at radius 2 is 2.30 bits per heavy atom. The van der Waals surface area contributed by atoms with Gasteiger partial charge in [0.05, 0.1) is 11.5 Å². The average Bonchev–Trinajstić information content (AvgIpc) is 3.11. The van der Waals surface area contributed by atoms with Crippen LogP contribution in [0.2, 0.25) is 0 Å². The van der Waals surface area contributed by atoms with Gasteiger partial charge in [0.25, 0.3) is 0 Å². The molecule has 2 atom stereocenters. The van der Waals surface area contributed by atoms with Crippen LogP contribution >= 0.6 is 11.3 Å². The first-order valence-electron chi connectivity index (χ1n) is 8.23. The van der Waals surface area contributed by atoms with Crippen molar-refractivity contribution in [2.24, 2.45) is 16.8 Å². The number of sulfone groups is 1. The van der Waals surface area contributed by atoms with Crippen LogP contribution in [-0.4, -0.2) is 45.5 Å². The maximum Gasteiger partial charge on any atom is 0.191 e. The van der Waals surface area contributed by atoms with Gasteiger partial charge in [-0.25, -0.2) is 8.42 Å². The van der Waals surface area contributed by atoms with Gasteiger partial charge >= 0.3 is 0 Å².